The highest BCUT2D eigenvalue weighted by molar-refractivity contribution is 6.30. The molecule has 4 bridgehead atoms. The lowest BCUT2D eigenvalue weighted by molar-refractivity contribution is -0.0425. The van der Waals surface area contributed by atoms with Crippen molar-refractivity contribution in [2.45, 2.75) is 104 Å². The van der Waals surface area contributed by atoms with Crippen LogP contribution in [0.5, 0.6) is 0 Å². The summed E-state index contributed by atoms with van der Waals surface area (Å²) in [5.74, 6) is 6.50. The average Bonchev–Trinajstić information content (AvgIpc) is 3.35. The molecule has 5 aliphatic rings. The molecule has 0 amide bonds. The van der Waals surface area contributed by atoms with E-state index in [1.807, 2.05) is 0 Å². The lowest BCUT2D eigenvalue weighted by atomic mass is 9.50. The minimum Gasteiger partial charge on any atom is -0.0843 e. The summed E-state index contributed by atoms with van der Waals surface area (Å²) in [5.41, 5.74) is 2.85. The monoisotopic (exact) mass is 440 g/mol. The zero-order valence-electron chi connectivity index (χ0n) is 20.5. The van der Waals surface area contributed by atoms with Gasteiger partial charge in [-0.2, -0.15) is 0 Å². The second-order valence-electron chi connectivity index (χ2n) is 13.0. The fourth-order valence-corrected chi connectivity index (χ4v) is 9.27. The van der Waals surface area contributed by atoms with Crippen molar-refractivity contribution in [2.75, 3.05) is 0 Å². The van der Waals surface area contributed by atoms with Crippen LogP contribution in [0.2, 0.25) is 5.02 Å². The van der Waals surface area contributed by atoms with E-state index in [9.17, 15) is 0 Å². The van der Waals surface area contributed by atoms with Crippen molar-refractivity contribution in [3.8, 4) is 0 Å². The van der Waals surface area contributed by atoms with Gasteiger partial charge in [-0.05, 0) is 141 Å². The summed E-state index contributed by atoms with van der Waals surface area (Å²) in [6, 6.07) is 8.66. The van der Waals surface area contributed by atoms with Gasteiger partial charge in [-0.3, -0.25) is 0 Å². The van der Waals surface area contributed by atoms with Crippen LogP contribution in [0, 0.1) is 46.3 Å². The summed E-state index contributed by atoms with van der Waals surface area (Å²) >= 11 is 6.13. The van der Waals surface area contributed by atoms with E-state index in [4.69, 9.17) is 11.6 Å². The van der Waals surface area contributed by atoms with E-state index >= 15 is 0 Å². The van der Waals surface area contributed by atoms with Crippen molar-refractivity contribution in [2.24, 2.45) is 46.3 Å². The van der Waals surface area contributed by atoms with Crippen LogP contribution in [0.25, 0.3) is 0 Å². The topological polar surface area (TPSA) is 0 Å². The molecule has 0 radical (unpaired) electrons. The SMILES string of the molecule is CC(CC1CC2(C(C)CC3CC4(C(C)C)CCC3C4)CCC1CC2)c1ccc(Cl)cc1. The van der Waals surface area contributed by atoms with Crippen LogP contribution in [-0.2, 0) is 0 Å². The number of hydrogen-bond donors (Lipinski definition) is 0. The smallest absolute Gasteiger partial charge is 0.0406 e. The van der Waals surface area contributed by atoms with E-state index in [0.29, 0.717) is 16.7 Å². The van der Waals surface area contributed by atoms with Gasteiger partial charge in [0.05, 0.1) is 0 Å². The highest BCUT2D eigenvalue weighted by atomic mass is 35.5. The summed E-state index contributed by atoms with van der Waals surface area (Å²) in [6.45, 7) is 10.1. The van der Waals surface area contributed by atoms with Gasteiger partial charge >= 0.3 is 0 Å². The summed E-state index contributed by atoms with van der Waals surface area (Å²) in [4.78, 5) is 0. The zero-order valence-corrected chi connectivity index (χ0v) is 21.3. The van der Waals surface area contributed by atoms with Gasteiger partial charge in [-0.25, -0.2) is 0 Å². The third-order valence-electron chi connectivity index (χ3n) is 11.4. The summed E-state index contributed by atoms with van der Waals surface area (Å²) in [7, 11) is 0. The lowest BCUT2D eigenvalue weighted by Gasteiger charge is -2.55. The van der Waals surface area contributed by atoms with Crippen LogP contribution >= 0.6 is 11.6 Å². The molecule has 1 aromatic rings. The molecule has 1 heteroatoms. The second kappa shape index (κ2) is 8.38. The normalized spacial score (nSPS) is 41.1. The van der Waals surface area contributed by atoms with Crippen molar-refractivity contribution >= 4 is 11.6 Å². The minimum absolute atomic E-state index is 0.658. The van der Waals surface area contributed by atoms with Gasteiger partial charge in [-0.15, -0.1) is 0 Å². The molecule has 6 unspecified atom stereocenters. The summed E-state index contributed by atoms with van der Waals surface area (Å²) in [5, 5.41) is 0.861. The second-order valence-corrected chi connectivity index (χ2v) is 13.4. The maximum absolute atomic E-state index is 6.13. The van der Waals surface area contributed by atoms with E-state index in [2.05, 4.69) is 52.0 Å². The fourth-order valence-electron chi connectivity index (χ4n) is 9.15. The van der Waals surface area contributed by atoms with Crippen LogP contribution in [0.1, 0.15) is 110 Å². The van der Waals surface area contributed by atoms with Gasteiger partial charge in [0.2, 0.25) is 0 Å². The molecular formula is C30H45Cl. The van der Waals surface area contributed by atoms with Gasteiger partial charge in [0.15, 0.2) is 0 Å². The Morgan fingerprint density at radius 2 is 1.35 bits per heavy atom. The molecular weight excluding hydrogens is 396 g/mol. The van der Waals surface area contributed by atoms with E-state index in [-0.39, 0.29) is 0 Å². The molecule has 0 nitrogen and oxygen atoms in total. The fraction of sp³-hybridized carbons (Fsp3) is 0.800. The molecule has 5 fully saturated rings. The van der Waals surface area contributed by atoms with Crippen molar-refractivity contribution < 1.29 is 0 Å². The molecule has 5 aliphatic carbocycles. The number of rotatable bonds is 7. The quantitative estimate of drug-likeness (QED) is 0.395. The average molecular weight is 441 g/mol. The van der Waals surface area contributed by atoms with E-state index in [0.717, 1.165) is 40.5 Å². The van der Waals surface area contributed by atoms with Crippen LogP contribution < -0.4 is 0 Å². The third kappa shape index (κ3) is 4.02. The Bertz CT molecular complexity index is 755. The van der Waals surface area contributed by atoms with Crippen molar-refractivity contribution in [3.63, 3.8) is 0 Å². The maximum Gasteiger partial charge on any atom is 0.0406 e. The minimum atomic E-state index is 0.658. The molecule has 0 heterocycles. The molecule has 0 N–H and O–H groups in total. The first-order valence-electron chi connectivity index (χ1n) is 13.6. The first kappa shape index (κ1) is 22.3. The van der Waals surface area contributed by atoms with E-state index < -0.39 is 0 Å². The molecule has 0 aliphatic heterocycles. The van der Waals surface area contributed by atoms with E-state index in [1.165, 1.54) is 63.4 Å². The number of hydrogen-bond acceptors (Lipinski definition) is 0. The molecule has 5 saturated carbocycles. The maximum atomic E-state index is 6.13. The zero-order chi connectivity index (χ0) is 21.8. The Hall–Kier alpha value is -0.490. The van der Waals surface area contributed by atoms with Crippen LogP contribution in [0.4, 0.5) is 0 Å². The van der Waals surface area contributed by atoms with Crippen molar-refractivity contribution in [1.82, 2.24) is 0 Å². The number of benzene rings is 1. The van der Waals surface area contributed by atoms with Gasteiger partial charge in [-0.1, -0.05) is 51.4 Å². The van der Waals surface area contributed by atoms with E-state index in [1.54, 1.807) is 12.8 Å². The Morgan fingerprint density at radius 1 is 0.774 bits per heavy atom. The van der Waals surface area contributed by atoms with Gasteiger partial charge in [0.1, 0.15) is 0 Å². The number of fused-ring (bicyclic) bond motifs is 5. The molecule has 31 heavy (non-hydrogen) atoms. The van der Waals surface area contributed by atoms with Crippen LogP contribution in [0.3, 0.4) is 0 Å². The standard InChI is InChI=1S/C30H45Cl/c1-20(2)30-14-11-25(17-30)27(19-30)16-22(4)29-12-9-24(10-13-29)26(18-29)15-21(3)23-5-7-28(31)8-6-23/h5-8,20-22,24-27H,9-19H2,1-4H3. The van der Waals surface area contributed by atoms with Gasteiger partial charge in [0, 0.05) is 5.02 Å². The first-order valence-corrected chi connectivity index (χ1v) is 13.9. The lowest BCUT2D eigenvalue weighted by Crippen LogP contribution is -2.44. The van der Waals surface area contributed by atoms with Crippen LogP contribution in [-0.4, -0.2) is 0 Å². The molecule has 0 aromatic heterocycles. The Morgan fingerprint density at radius 3 is 2.00 bits per heavy atom. The predicted octanol–water partition coefficient (Wildman–Crippen LogP) is 9.52. The Kier molecular flexibility index (Phi) is 6.03. The van der Waals surface area contributed by atoms with Gasteiger partial charge < -0.3 is 0 Å². The molecule has 172 valence electrons. The third-order valence-corrected chi connectivity index (χ3v) is 11.7. The largest absolute Gasteiger partial charge is 0.0843 e. The van der Waals surface area contributed by atoms with Gasteiger partial charge in [0.25, 0.3) is 0 Å². The highest BCUT2D eigenvalue weighted by Gasteiger charge is 2.54. The molecule has 0 saturated heterocycles. The highest BCUT2D eigenvalue weighted by Crippen LogP contribution is 2.64. The molecule has 1 aromatic carbocycles. The number of halogens is 1. The summed E-state index contributed by atoms with van der Waals surface area (Å²) in [6.07, 6.45) is 16.7. The van der Waals surface area contributed by atoms with Crippen LogP contribution in [0.15, 0.2) is 24.3 Å². The predicted molar refractivity (Wildman–Crippen MR) is 133 cm³/mol. The Labute approximate surface area is 196 Å². The Balaban J connectivity index is 1.24. The van der Waals surface area contributed by atoms with Crippen molar-refractivity contribution in [1.29, 1.82) is 0 Å². The molecule has 6 rings (SSSR count). The van der Waals surface area contributed by atoms with Crippen molar-refractivity contribution in [3.05, 3.63) is 34.9 Å². The summed E-state index contributed by atoms with van der Waals surface area (Å²) < 4.78 is 0. The molecule has 6 atom stereocenters. The molecule has 0 spiro atoms. The first-order chi connectivity index (χ1) is 14.8.